The number of aliphatic hydroxyl groups excluding tert-OH is 1. The van der Waals surface area contributed by atoms with Crippen LogP contribution in [0.1, 0.15) is 116 Å². The highest BCUT2D eigenvalue weighted by molar-refractivity contribution is 8.77. The van der Waals surface area contributed by atoms with Crippen molar-refractivity contribution in [1.29, 1.82) is 0 Å². The van der Waals surface area contributed by atoms with Gasteiger partial charge >= 0.3 is 30.0 Å². The molecule has 6 aromatic rings. The van der Waals surface area contributed by atoms with Crippen LogP contribution in [0.2, 0.25) is 0 Å². The maximum Gasteiger partial charge on any atom is 0.323 e. The third-order valence-electron chi connectivity index (χ3n) is 14.7. The van der Waals surface area contributed by atoms with Crippen LogP contribution in [0.25, 0.3) is 0 Å². The minimum atomic E-state index is -0.663. The number of urea groups is 3. The Labute approximate surface area is 500 Å². The van der Waals surface area contributed by atoms with E-state index in [4.69, 9.17) is 31.8 Å². The highest BCUT2D eigenvalue weighted by Gasteiger charge is 2.33. The number of aliphatic hydroxyl groups is 1. The maximum absolute atomic E-state index is 12.6. The molecule has 436 valence electrons. The number of nitrogens with zero attached hydrogens (tertiary/aromatic N) is 3. The number of amides is 6. The Hall–Kier alpha value is -7.10. The number of unbranched alkanes of at least 4 members (excludes halogenated alkanes) is 2. The molecule has 6 amide bonds. The standard InChI is InChI=1S/C23H26N2O3S2.C17H16N2O3.C15H14N2O2.C8H14O2S2/c24-23(27)25-19-10-4-1-7-16(19)15-21(18-9-3-5-11-20(18)25)28-22(26)12-6-2-8-17-13-14-29-30-17;18-17(21)19-15-7-3-1-5-12(15)9-13(10-22-11-20)14-6-2-4-8-16(14)19;16-15(19)17-12-7-3-1-5-10(12)9-14(18)11-6-2-4-8-13(11)17;9-8(10)4-2-1-3-7-5-6-11-12-7/h1,3-5,7,9-11,17,21H,2,6,8,12-15H2,(H2,24,27);1-8,11,13H,9-10H2,(H2,18,21);1-8,14,18H,9H2,(H2,16,19);7H,1-6H2,(H,9,10)/t17-,21-;13-;14-;7-/m0101/s1. The Bertz CT molecular complexity index is 3200. The second kappa shape index (κ2) is 31.0. The number of ether oxygens (including phenoxy) is 2. The van der Waals surface area contributed by atoms with Crippen LogP contribution in [0.3, 0.4) is 0 Å². The summed E-state index contributed by atoms with van der Waals surface area (Å²) in [6, 6.07) is 43.5. The molecule has 2 saturated heterocycles. The van der Waals surface area contributed by atoms with E-state index in [9.17, 15) is 33.9 Å². The zero-order chi connectivity index (χ0) is 58.7. The lowest BCUT2D eigenvalue weighted by Crippen LogP contribution is -2.32. The first kappa shape index (κ1) is 62.0. The second-order valence-corrected chi connectivity index (χ2v) is 25.9. The Balaban J connectivity index is 0.000000151. The summed E-state index contributed by atoms with van der Waals surface area (Å²) >= 11 is 0. The minimum Gasteiger partial charge on any atom is -0.481 e. The molecule has 5 atom stereocenters. The zero-order valence-corrected chi connectivity index (χ0v) is 49.3. The Morgan fingerprint density at radius 1 is 0.518 bits per heavy atom. The number of hydrogen-bond donors (Lipinski definition) is 5. The van der Waals surface area contributed by atoms with Crippen molar-refractivity contribution in [2.45, 2.75) is 112 Å². The number of anilines is 6. The first-order valence-corrected chi connectivity index (χ1v) is 32.6. The fourth-order valence-electron chi connectivity index (χ4n) is 10.8. The van der Waals surface area contributed by atoms with Gasteiger partial charge in [0.1, 0.15) is 6.10 Å². The molecule has 0 bridgehead atoms. The van der Waals surface area contributed by atoms with Crippen molar-refractivity contribution >= 4 is 114 Å². The van der Waals surface area contributed by atoms with E-state index in [-0.39, 0.29) is 18.5 Å². The predicted molar refractivity (Wildman–Crippen MR) is 335 cm³/mol. The number of rotatable bonds is 14. The van der Waals surface area contributed by atoms with E-state index < -0.39 is 36.3 Å². The fourth-order valence-corrected chi connectivity index (χ4v) is 16.9. The topological polar surface area (TPSA) is 249 Å². The molecule has 8 N–H and O–H groups in total. The van der Waals surface area contributed by atoms with E-state index in [1.807, 2.05) is 183 Å². The highest BCUT2D eigenvalue weighted by Crippen LogP contribution is 2.45. The number of primary amides is 3. The number of aliphatic carboxylic acids is 1. The molecule has 5 aliphatic rings. The smallest absolute Gasteiger partial charge is 0.323 e. The van der Waals surface area contributed by atoms with E-state index in [0.717, 1.165) is 98.7 Å². The Morgan fingerprint density at radius 3 is 1.40 bits per heavy atom. The number of nitrogens with two attached hydrogens (primary N) is 3. The molecule has 20 heteroatoms. The average Bonchev–Trinajstić information content (AvgIpc) is 4.29. The number of carbonyl (C=O) groups is 6. The van der Waals surface area contributed by atoms with Gasteiger partial charge in [0, 0.05) is 64.7 Å². The van der Waals surface area contributed by atoms with E-state index in [1.54, 1.807) is 6.07 Å². The number of benzene rings is 6. The van der Waals surface area contributed by atoms with Crippen molar-refractivity contribution in [2.24, 2.45) is 17.2 Å². The van der Waals surface area contributed by atoms with Crippen LogP contribution >= 0.6 is 43.2 Å². The van der Waals surface area contributed by atoms with Crippen LogP contribution in [0.15, 0.2) is 146 Å². The van der Waals surface area contributed by atoms with Gasteiger partial charge in [0.2, 0.25) is 0 Å². The Kier molecular flexibility index (Phi) is 23.1. The van der Waals surface area contributed by atoms with Crippen LogP contribution in [0.4, 0.5) is 48.5 Å². The molecule has 0 saturated carbocycles. The second-order valence-electron chi connectivity index (χ2n) is 20.4. The third-order valence-corrected chi connectivity index (χ3v) is 20.8. The summed E-state index contributed by atoms with van der Waals surface area (Å²) in [5, 5.41) is 20.2. The van der Waals surface area contributed by atoms with Crippen LogP contribution in [-0.4, -0.2) is 75.3 Å². The van der Waals surface area contributed by atoms with Crippen LogP contribution in [-0.2, 0) is 43.1 Å². The van der Waals surface area contributed by atoms with Gasteiger partial charge in [-0.15, -0.1) is 0 Å². The van der Waals surface area contributed by atoms with Gasteiger partial charge in [-0.2, -0.15) is 0 Å². The number of carboxylic acids is 1. The van der Waals surface area contributed by atoms with Crippen molar-refractivity contribution in [1.82, 2.24) is 0 Å². The van der Waals surface area contributed by atoms with E-state index in [2.05, 4.69) is 0 Å². The molecule has 83 heavy (non-hydrogen) atoms. The van der Waals surface area contributed by atoms with Gasteiger partial charge in [0.15, 0.2) is 0 Å². The number of para-hydroxylation sites is 6. The van der Waals surface area contributed by atoms with E-state index >= 15 is 0 Å². The lowest BCUT2D eigenvalue weighted by Gasteiger charge is -2.23. The van der Waals surface area contributed by atoms with Gasteiger partial charge < -0.3 is 36.9 Å². The quantitative estimate of drug-likeness (QED) is 0.0295. The monoisotopic (exact) mass is 1200 g/mol. The molecule has 11 rings (SSSR count). The van der Waals surface area contributed by atoms with Crippen molar-refractivity contribution in [3.8, 4) is 0 Å². The molecule has 0 unspecified atom stereocenters. The number of hydrogen-bond acceptors (Lipinski definition) is 13. The van der Waals surface area contributed by atoms with Crippen molar-refractivity contribution in [2.75, 3.05) is 32.8 Å². The summed E-state index contributed by atoms with van der Waals surface area (Å²) in [5.41, 5.74) is 26.5. The van der Waals surface area contributed by atoms with Crippen LogP contribution in [0, 0.1) is 0 Å². The first-order valence-electron chi connectivity index (χ1n) is 27.8. The molecule has 0 aliphatic carbocycles. The van der Waals surface area contributed by atoms with Crippen molar-refractivity contribution in [3.63, 3.8) is 0 Å². The molecular formula is C63H70N6O10S4. The van der Waals surface area contributed by atoms with Gasteiger partial charge in [-0.1, -0.05) is 165 Å². The lowest BCUT2D eigenvalue weighted by molar-refractivity contribution is -0.149. The summed E-state index contributed by atoms with van der Waals surface area (Å²) in [6.45, 7) is 0.715. The molecule has 0 radical (unpaired) electrons. The number of carboxylic acid groups (broad SMARTS) is 1. The summed E-state index contributed by atoms with van der Waals surface area (Å²) in [7, 11) is 7.85. The fraction of sp³-hybridized carbons (Fsp3) is 0.333. The van der Waals surface area contributed by atoms with Gasteiger partial charge in [-0.25, -0.2) is 14.4 Å². The maximum atomic E-state index is 12.6. The SMILES string of the molecule is NC(=O)N1c2ccccc2C[C@H](COC=O)c2ccccc21.NC(=O)N1c2ccccc2C[C@H](O)c2ccccc21.NC(=O)N1c2ccccc2C[C@H](OC(=O)CCCC[C@H]2CCSS2)c2ccccc21.O=C(O)CCCC[C@@H]1CCSS1. The molecule has 5 aliphatic heterocycles. The third kappa shape index (κ3) is 16.6. The van der Waals surface area contributed by atoms with Crippen LogP contribution < -0.4 is 31.9 Å². The molecular weight excluding hydrogens is 1130 g/mol. The molecule has 2 fully saturated rings. The van der Waals surface area contributed by atoms with Crippen molar-refractivity contribution in [3.05, 3.63) is 179 Å². The molecule has 6 aromatic carbocycles. The summed E-state index contributed by atoms with van der Waals surface area (Å²) in [4.78, 5) is 74.0. The van der Waals surface area contributed by atoms with Crippen LogP contribution in [0.5, 0.6) is 0 Å². The van der Waals surface area contributed by atoms with Gasteiger partial charge in [-0.3, -0.25) is 29.1 Å². The minimum absolute atomic E-state index is 0.0214. The lowest BCUT2D eigenvalue weighted by atomic mass is 9.92. The first-order chi connectivity index (χ1) is 40.3. The zero-order valence-electron chi connectivity index (χ0n) is 46.0. The van der Waals surface area contributed by atoms with E-state index in [0.29, 0.717) is 50.0 Å². The normalized spacial score (nSPS) is 18.9. The van der Waals surface area contributed by atoms with Gasteiger partial charge in [0.25, 0.3) is 6.47 Å². The Morgan fingerprint density at radius 2 is 0.928 bits per heavy atom. The summed E-state index contributed by atoms with van der Waals surface area (Å²) in [5.74, 6) is 1.64. The largest absolute Gasteiger partial charge is 0.481 e. The van der Waals surface area contributed by atoms with Crippen molar-refractivity contribution < 1.29 is 48.5 Å². The van der Waals surface area contributed by atoms with Gasteiger partial charge in [0.05, 0.1) is 46.8 Å². The van der Waals surface area contributed by atoms with E-state index in [1.165, 1.54) is 45.5 Å². The average molecular weight is 1200 g/mol. The molecule has 0 aromatic heterocycles. The predicted octanol–water partition coefficient (Wildman–Crippen LogP) is 13.8. The number of fused-ring (bicyclic) bond motifs is 6. The van der Waals surface area contributed by atoms with Gasteiger partial charge in [-0.05, 0) is 104 Å². The number of esters is 1. The molecule has 5 heterocycles. The number of carbonyl (C=O) groups excluding carboxylic acids is 5. The summed E-state index contributed by atoms with van der Waals surface area (Å²) < 4.78 is 10.9. The molecule has 0 spiro atoms. The highest BCUT2D eigenvalue weighted by atomic mass is 33.1. The molecule has 16 nitrogen and oxygen atoms in total. The summed E-state index contributed by atoms with van der Waals surface area (Å²) in [6.07, 6.45) is 10.1.